The van der Waals surface area contributed by atoms with Crippen molar-refractivity contribution in [3.8, 4) is 12.1 Å². The van der Waals surface area contributed by atoms with E-state index in [0.717, 1.165) is 12.0 Å². The van der Waals surface area contributed by atoms with Crippen LogP contribution in [0.3, 0.4) is 0 Å². The van der Waals surface area contributed by atoms with Crippen LogP contribution in [0.15, 0.2) is 12.1 Å². The average Bonchev–Trinajstić information content (AvgIpc) is 2.37. The van der Waals surface area contributed by atoms with Gasteiger partial charge < -0.3 is 0 Å². The predicted octanol–water partition coefficient (Wildman–Crippen LogP) is 3.05. The molecule has 0 N–H and O–H groups in total. The molecule has 0 aromatic heterocycles. The summed E-state index contributed by atoms with van der Waals surface area (Å²) in [6.07, 6.45) is 0.809. The van der Waals surface area contributed by atoms with Crippen molar-refractivity contribution in [2.45, 2.75) is 32.6 Å². The number of benzene rings is 1. The van der Waals surface area contributed by atoms with E-state index in [9.17, 15) is 10.1 Å². The Morgan fingerprint density at radius 1 is 1.44 bits per heavy atom. The van der Waals surface area contributed by atoms with Gasteiger partial charge in [0.25, 0.3) is 5.69 Å². The number of nitriles is 2. The summed E-state index contributed by atoms with van der Waals surface area (Å²) in [5.41, 5.74) is 1.31. The lowest BCUT2D eigenvalue weighted by Gasteiger charge is -2.12. The number of nitro groups is 1. The number of hydrogen-bond acceptors (Lipinski definition) is 4. The first-order valence-corrected chi connectivity index (χ1v) is 5.63. The summed E-state index contributed by atoms with van der Waals surface area (Å²) in [6, 6.07) is 6.79. The topological polar surface area (TPSA) is 90.7 Å². The van der Waals surface area contributed by atoms with E-state index in [1.54, 1.807) is 6.07 Å². The molecule has 92 valence electrons. The van der Waals surface area contributed by atoms with E-state index < -0.39 is 4.92 Å². The number of hydrogen-bond donors (Lipinski definition) is 0. The fraction of sp³-hybridized carbons (Fsp3) is 0.385. The van der Waals surface area contributed by atoms with Crippen molar-refractivity contribution in [3.63, 3.8) is 0 Å². The molecule has 0 bridgehead atoms. The van der Waals surface area contributed by atoms with Crippen molar-refractivity contribution in [1.82, 2.24) is 0 Å². The van der Waals surface area contributed by atoms with Crippen LogP contribution in [0.5, 0.6) is 0 Å². The van der Waals surface area contributed by atoms with Crippen LogP contribution in [0.25, 0.3) is 0 Å². The van der Waals surface area contributed by atoms with Crippen molar-refractivity contribution in [3.05, 3.63) is 38.9 Å². The maximum absolute atomic E-state index is 10.9. The van der Waals surface area contributed by atoms with Gasteiger partial charge in [0.2, 0.25) is 0 Å². The molecule has 1 aromatic rings. The molecule has 0 aliphatic carbocycles. The van der Waals surface area contributed by atoms with Gasteiger partial charge >= 0.3 is 0 Å². The third kappa shape index (κ3) is 2.64. The second-order valence-electron chi connectivity index (χ2n) is 4.08. The molecule has 0 heterocycles. The minimum absolute atomic E-state index is 0.0224. The maximum Gasteiger partial charge on any atom is 0.274 e. The standard InChI is InChI=1S/C13H13N3O2/c1-3-9(2)12-6-10(4-5-14)13(16(17)18)7-11(12)8-15/h6-7,9H,3-4H2,1-2H3. The molecule has 0 aliphatic heterocycles. The van der Waals surface area contributed by atoms with Gasteiger partial charge in [-0.2, -0.15) is 10.5 Å². The normalized spacial score (nSPS) is 11.3. The molecule has 1 rings (SSSR count). The Morgan fingerprint density at radius 2 is 2.11 bits per heavy atom. The van der Waals surface area contributed by atoms with Gasteiger partial charge in [-0.1, -0.05) is 13.8 Å². The van der Waals surface area contributed by atoms with Gasteiger partial charge in [0, 0.05) is 11.6 Å². The molecule has 0 aliphatic rings. The summed E-state index contributed by atoms with van der Waals surface area (Å²) in [5.74, 6) is 0.137. The second kappa shape index (κ2) is 5.79. The van der Waals surface area contributed by atoms with Crippen molar-refractivity contribution >= 4 is 5.69 Å². The molecule has 0 saturated carbocycles. The zero-order valence-corrected chi connectivity index (χ0v) is 10.3. The lowest BCUT2D eigenvalue weighted by Crippen LogP contribution is -2.02. The molecule has 0 spiro atoms. The number of rotatable bonds is 4. The van der Waals surface area contributed by atoms with Gasteiger partial charge in [-0.3, -0.25) is 10.1 Å². The van der Waals surface area contributed by atoms with Crippen LogP contribution >= 0.6 is 0 Å². The summed E-state index contributed by atoms with van der Waals surface area (Å²) < 4.78 is 0. The van der Waals surface area contributed by atoms with Crippen molar-refractivity contribution < 1.29 is 4.92 Å². The van der Waals surface area contributed by atoms with Crippen molar-refractivity contribution in [2.75, 3.05) is 0 Å². The third-order valence-electron chi connectivity index (χ3n) is 2.98. The summed E-state index contributed by atoms with van der Waals surface area (Å²) >= 11 is 0. The Labute approximate surface area is 105 Å². The van der Waals surface area contributed by atoms with Gasteiger partial charge in [-0.05, 0) is 24.0 Å². The molecule has 0 radical (unpaired) electrons. The molecule has 1 aromatic carbocycles. The monoisotopic (exact) mass is 243 g/mol. The van der Waals surface area contributed by atoms with E-state index in [1.165, 1.54) is 6.07 Å². The predicted molar refractivity (Wildman–Crippen MR) is 65.8 cm³/mol. The highest BCUT2D eigenvalue weighted by Crippen LogP contribution is 2.29. The van der Waals surface area contributed by atoms with E-state index in [4.69, 9.17) is 10.5 Å². The second-order valence-corrected chi connectivity index (χ2v) is 4.08. The molecule has 0 fully saturated rings. The van der Waals surface area contributed by atoms with E-state index in [1.807, 2.05) is 26.0 Å². The van der Waals surface area contributed by atoms with Crippen LogP contribution < -0.4 is 0 Å². The van der Waals surface area contributed by atoms with E-state index in [2.05, 4.69) is 0 Å². The third-order valence-corrected chi connectivity index (χ3v) is 2.98. The maximum atomic E-state index is 10.9. The Bertz CT molecular complexity index is 553. The van der Waals surface area contributed by atoms with Crippen LogP contribution in [-0.4, -0.2) is 4.92 Å². The first-order chi connectivity index (χ1) is 8.54. The van der Waals surface area contributed by atoms with Gasteiger partial charge in [0.15, 0.2) is 0 Å². The minimum Gasteiger partial charge on any atom is -0.258 e. The zero-order chi connectivity index (χ0) is 13.7. The van der Waals surface area contributed by atoms with Crippen LogP contribution in [-0.2, 0) is 6.42 Å². The number of nitro benzene ring substituents is 1. The summed E-state index contributed by atoms with van der Waals surface area (Å²) in [6.45, 7) is 3.94. The van der Waals surface area contributed by atoms with Gasteiger partial charge in [-0.25, -0.2) is 0 Å². The molecule has 0 saturated heterocycles. The highest BCUT2D eigenvalue weighted by molar-refractivity contribution is 5.53. The lowest BCUT2D eigenvalue weighted by atomic mass is 9.91. The van der Waals surface area contributed by atoms with Crippen molar-refractivity contribution in [2.24, 2.45) is 0 Å². The summed E-state index contributed by atoms with van der Waals surface area (Å²) in [5, 5.41) is 28.7. The average molecular weight is 243 g/mol. The Morgan fingerprint density at radius 3 is 2.56 bits per heavy atom. The lowest BCUT2D eigenvalue weighted by molar-refractivity contribution is -0.385. The molecular formula is C13H13N3O2. The summed E-state index contributed by atoms with van der Waals surface area (Å²) in [7, 11) is 0. The van der Waals surface area contributed by atoms with E-state index >= 15 is 0 Å². The molecule has 5 nitrogen and oxygen atoms in total. The highest BCUT2D eigenvalue weighted by Gasteiger charge is 2.19. The van der Waals surface area contributed by atoms with Gasteiger partial charge in [-0.15, -0.1) is 0 Å². The van der Waals surface area contributed by atoms with Gasteiger partial charge in [0.05, 0.1) is 29.0 Å². The van der Waals surface area contributed by atoms with Crippen LogP contribution in [0, 0.1) is 32.8 Å². The van der Waals surface area contributed by atoms with Crippen molar-refractivity contribution in [1.29, 1.82) is 10.5 Å². The van der Waals surface area contributed by atoms with E-state index in [-0.39, 0.29) is 18.0 Å². The van der Waals surface area contributed by atoms with Crippen LogP contribution in [0.4, 0.5) is 5.69 Å². The molecule has 1 unspecified atom stereocenters. The molecule has 1 atom stereocenters. The summed E-state index contributed by atoms with van der Waals surface area (Å²) in [4.78, 5) is 10.4. The molecule has 0 amide bonds. The largest absolute Gasteiger partial charge is 0.274 e. The zero-order valence-electron chi connectivity index (χ0n) is 10.3. The van der Waals surface area contributed by atoms with Crippen LogP contribution in [0.2, 0.25) is 0 Å². The molecular weight excluding hydrogens is 230 g/mol. The first-order valence-electron chi connectivity index (χ1n) is 5.63. The Hall–Kier alpha value is -2.40. The SMILES string of the molecule is CCC(C)c1cc(CC#N)c([N+](=O)[O-])cc1C#N. The molecule has 5 heteroatoms. The fourth-order valence-corrected chi connectivity index (χ4v) is 1.77. The highest BCUT2D eigenvalue weighted by atomic mass is 16.6. The fourth-order valence-electron chi connectivity index (χ4n) is 1.77. The Balaban J connectivity index is 3.48. The number of nitrogens with zero attached hydrogens (tertiary/aromatic N) is 3. The van der Waals surface area contributed by atoms with Gasteiger partial charge in [0.1, 0.15) is 0 Å². The minimum atomic E-state index is -0.548. The van der Waals surface area contributed by atoms with E-state index in [0.29, 0.717) is 11.1 Å². The Kier molecular flexibility index (Phi) is 4.39. The smallest absolute Gasteiger partial charge is 0.258 e. The molecule has 18 heavy (non-hydrogen) atoms. The van der Waals surface area contributed by atoms with Crippen LogP contribution in [0.1, 0.15) is 42.9 Å². The quantitative estimate of drug-likeness (QED) is 0.600. The first kappa shape index (κ1) is 13.7.